The van der Waals surface area contributed by atoms with Gasteiger partial charge in [0.2, 0.25) is 5.16 Å². The van der Waals surface area contributed by atoms with Gasteiger partial charge in [0.1, 0.15) is 0 Å². The molecule has 0 saturated carbocycles. The number of aromatic nitrogens is 5. The van der Waals surface area contributed by atoms with Crippen LogP contribution in [0.5, 0.6) is 0 Å². The maximum absolute atomic E-state index is 12.4. The molecule has 0 atom stereocenters. The lowest BCUT2D eigenvalue weighted by atomic mass is 10.1. The number of ketones is 1. The van der Waals surface area contributed by atoms with Crippen molar-refractivity contribution in [3.8, 4) is 11.3 Å². The van der Waals surface area contributed by atoms with Crippen LogP contribution in [0.4, 0.5) is 5.69 Å². The zero-order chi connectivity index (χ0) is 19.5. The van der Waals surface area contributed by atoms with Crippen LogP contribution < -0.4 is 0 Å². The number of hydrogen-bond donors (Lipinski definition) is 0. The number of Topliss-reactive ketones (excluding diaryl/α,β-unsaturated/α-hetero) is 1. The molecule has 3 aromatic heterocycles. The summed E-state index contributed by atoms with van der Waals surface area (Å²) >= 11 is 1.21. The second kappa shape index (κ2) is 7.53. The van der Waals surface area contributed by atoms with Gasteiger partial charge in [-0.15, -0.1) is 10.2 Å². The van der Waals surface area contributed by atoms with Gasteiger partial charge in [0.15, 0.2) is 11.4 Å². The minimum absolute atomic E-state index is 0.0551. The molecule has 0 spiro atoms. The average molecular weight is 392 g/mol. The van der Waals surface area contributed by atoms with E-state index in [1.165, 1.54) is 36.0 Å². The third kappa shape index (κ3) is 3.58. The summed E-state index contributed by atoms with van der Waals surface area (Å²) in [5.74, 6) is -0.0540. The Morgan fingerprint density at radius 3 is 2.50 bits per heavy atom. The Hall–Kier alpha value is -3.66. The molecular weight excluding hydrogens is 380 g/mol. The number of carbonyl (C=O) groups excluding carboxylic acids is 1. The van der Waals surface area contributed by atoms with E-state index in [0.29, 0.717) is 16.4 Å². The summed E-state index contributed by atoms with van der Waals surface area (Å²) in [7, 11) is 0. The molecule has 0 N–H and O–H groups in total. The highest BCUT2D eigenvalue weighted by molar-refractivity contribution is 7.99. The topological polar surface area (TPSA) is 116 Å². The summed E-state index contributed by atoms with van der Waals surface area (Å²) in [4.78, 5) is 26.6. The number of thioether (sulfide) groups is 1. The Labute approximate surface area is 162 Å². The highest BCUT2D eigenvalue weighted by Crippen LogP contribution is 2.21. The van der Waals surface area contributed by atoms with Gasteiger partial charge in [-0.1, -0.05) is 11.8 Å². The van der Waals surface area contributed by atoms with E-state index < -0.39 is 4.92 Å². The van der Waals surface area contributed by atoms with Gasteiger partial charge in [-0.3, -0.25) is 19.9 Å². The summed E-state index contributed by atoms with van der Waals surface area (Å²) in [5, 5.41) is 23.9. The molecule has 1 aromatic carbocycles. The Morgan fingerprint density at radius 1 is 1.04 bits per heavy atom. The van der Waals surface area contributed by atoms with Crippen molar-refractivity contribution in [2.24, 2.45) is 0 Å². The molecule has 0 unspecified atom stereocenters. The number of rotatable bonds is 6. The van der Waals surface area contributed by atoms with Crippen molar-refractivity contribution in [2.45, 2.75) is 5.16 Å². The summed E-state index contributed by atoms with van der Waals surface area (Å²) in [6.07, 6.45) is 3.37. The van der Waals surface area contributed by atoms with E-state index >= 15 is 0 Å². The monoisotopic (exact) mass is 392 g/mol. The molecule has 0 aliphatic heterocycles. The summed E-state index contributed by atoms with van der Waals surface area (Å²) < 4.78 is 1.59. The van der Waals surface area contributed by atoms with Gasteiger partial charge in [-0.25, -0.2) is 0 Å². The molecule has 10 heteroatoms. The zero-order valence-electron chi connectivity index (χ0n) is 14.3. The molecule has 0 fully saturated rings. The predicted molar refractivity (Wildman–Crippen MR) is 102 cm³/mol. The van der Waals surface area contributed by atoms with Gasteiger partial charge in [0.25, 0.3) is 5.69 Å². The molecule has 0 radical (unpaired) electrons. The molecule has 0 saturated heterocycles. The van der Waals surface area contributed by atoms with Crippen molar-refractivity contribution >= 4 is 28.9 Å². The number of benzene rings is 1. The fourth-order valence-electron chi connectivity index (χ4n) is 2.52. The second-order valence-electron chi connectivity index (χ2n) is 5.72. The third-order valence-electron chi connectivity index (χ3n) is 3.94. The van der Waals surface area contributed by atoms with Crippen LogP contribution in [0.1, 0.15) is 10.4 Å². The lowest BCUT2D eigenvalue weighted by Crippen LogP contribution is -2.04. The minimum Gasteiger partial charge on any atom is -0.293 e. The number of pyridine rings is 1. The van der Waals surface area contributed by atoms with Crippen molar-refractivity contribution in [1.29, 1.82) is 0 Å². The molecule has 3 heterocycles. The van der Waals surface area contributed by atoms with E-state index in [9.17, 15) is 14.9 Å². The van der Waals surface area contributed by atoms with E-state index in [1.807, 2.05) is 18.2 Å². The van der Waals surface area contributed by atoms with Gasteiger partial charge in [-0.2, -0.15) is 9.61 Å². The van der Waals surface area contributed by atoms with Crippen molar-refractivity contribution in [3.05, 3.63) is 76.6 Å². The molecule has 0 aliphatic carbocycles. The van der Waals surface area contributed by atoms with Gasteiger partial charge in [-0.05, 0) is 36.4 Å². The number of nitrogens with zero attached hydrogens (tertiary/aromatic N) is 6. The van der Waals surface area contributed by atoms with E-state index in [-0.39, 0.29) is 17.2 Å². The van der Waals surface area contributed by atoms with Crippen LogP contribution in [0, 0.1) is 10.1 Å². The minimum atomic E-state index is -0.503. The maximum atomic E-state index is 12.4. The Bertz CT molecular complexity index is 1160. The van der Waals surface area contributed by atoms with Crippen LogP contribution in [-0.4, -0.2) is 41.3 Å². The number of nitro groups is 1. The first-order valence-corrected chi connectivity index (χ1v) is 9.14. The standard InChI is InChI=1S/C18H12N6O3S/c25-16(13-1-3-14(4-2-13)24(26)27)11-28-18-21-20-17-6-5-15(22-23(17)18)12-7-9-19-10-8-12/h1-10H,11H2. The summed E-state index contributed by atoms with van der Waals surface area (Å²) in [6.45, 7) is 0. The van der Waals surface area contributed by atoms with Gasteiger partial charge >= 0.3 is 0 Å². The quantitative estimate of drug-likeness (QED) is 0.213. The van der Waals surface area contributed by atoms with Gasteiger partial charge < -0.3 is 0 Å². The van der Waals surface area contributed by atoms with Crippen LogP contribution >= 0.6 is 11.8 Å². The molecule has 0 amide bonds. The largest absolute Gasteiger partial charge is 0.293 e. The number of hydrogen-bond acceptors (Lipinski definition) is 8. The first-order chi connectivity index (χ1) is 13.6. The van der Waals surface area contributed by atoms with Crippen molar-refractivity contribution in [1.82, 2.24) is 24.8 Å². The van der Waals surface area contributed by atoms with Crippen molar-refractivity contribution in [3.63, 3.8) is 0 Å². The molecule has 9 nitrogen and oxygen atoms in total. The molecule has 4 aromatic rings. The SMILES string of the molecule is O=C(CSc1nnc2ccc(-c3ccncc3)nn12)c1ccc([N+](=O)[O-])cc1. The second-order valence-corrected chi connectivity index (χ2v) is 6.67. The lowest BCUT2D eigenvalue weighted by molar-refractivity contribution is -0.384. The smallest absolute Gasteiger partial charge is 0.269 e. The summed E-state index contributed by atoms with van der Waals surface area (Å²) in [5.41, 5.74) is 2.56. The first-order valence-electron chi connectivity index (χ1n) is 8.15. The maximum Gasteiger partial charge on any atom is 0.269 e. The molecule has 138 valence electrons. The fourth-order valence-corrected chi connectivity index (χ4v) is 3.30. The number of non-ortho nitro benzene ring substituents is 1. The average Bonchev–Trinajstić information content (AvgIpc) is 3.15. The van der Waals surface area contributed by atoms with E-state index in [4.69, 9.17) is 0 Å². The number of carbonyl (C=O) groups is 1. The molecule has 28 heavy (non-hydrogen) atoms. The molecule has 0 bridgehead atoms. The Morgan fingerprint density at radius 2 is 1.79 bits per heavy atom. The highest BCUT2D eigenvalue weighted by atomic mass is 32.2. The zero-order valence-corrected chi connectivity index (χ0v) is 15.1. The Balaban J connectivity index is 1.53. The van der Waals surface area contributed by atoms with Crippen LogP contribution in [0.3, 0.4) is 0 Å². The number of nitro benzene ring substituents is 1. The van der Waals surface area contributed by atoms with Gasteiger partial charge in [0, 0.05) is 35.7 Å². The molecular formula is C18H12N6O3S. The van der Waals surface area contributed by atoms with Crippen molar-refractivity contribution in [2.75, 3.05) is 5.75 Å². The fraction of sp³-hybridized carbons (Fsp3) is 0.0556. The Kier molecular flexibility index (Phi) is 4.77. The molecule has 0 aliphatic rings. The van der Waals surface area contributed by atoms with E-state index in [2.05, 4.69) is 20.3 Å². The predicted octanol–water partition coefficient (Wildman–Crippen LogP) is 3.07. The highest BCUT2D eigenvalue weighted by Gasteiger charge is 2.14. The van der Waals surface area contributed by atoms with E-state index in [1.54, 1.807) is 23.0 Å². The van der Waals surface area contributed by atoms with Crippen LogP contribution in [0.15, 0.2) is 66.1 Å². The normalized spacial score (nSPS) is 10.9. The van der Waals surface area contributed by atoms with Crippen LogP contribution in [0.25, 0.3) is 16.9 Å². The van der Waals surface area contributed by atoms with E-state index in [0.717, 1.165) is 11.3 Å². The third-order valence-corrected chi connectivity index (χ3v) is 4.86. The van der Waals surface area contributed by atoms with Crippen LogP contribution in [-0.2, 0) is 0 Å². The van der Waals surface area contributed by atoms with Crippen molar-refractivity contribution < 1.29 is 9.72 Å². The summed E-state index contributed by atoms with van der Waals surface area (Å²) in [6, 6.07) is 12.9. The van der Waals surface area contributed by atoms with Gasteiger partial charge in [0.05, 0.1) is 16.4 Å². The molecule has 4 rings (SSSR count). The lowest BCUT2D eigenvalue weighted by Gasteiger charge is -2.03. The number of fused-ring (bicyclic) bond motifs is 1. The first kappa shape index (κ1) is 17.7. The van der Waals surface area contributed by atoms with Crippen LogP contribution in [0.2, 0.25) is 0 Å².